The lowest BCUT2D eigenvalue weighted by atomic mass is 10.1. The number of nitrogens with two attached hydrogens (primary N) is 1. The van der Waals surface area contributed by atoms with Gasteiger partial charge in [-0.2, -0.15) is 11.8 Å². The largest absolute Gasteiger partial charge is 0.480 e. The zero-order valence-electron chi connectivity index (χ0n) is 11.1. The molecule has 0 bridgehead atoms. The van der Waals surface area contributed by atoms with Crippen molar-refractivity contribution in [1.82, 2.24) is 0 Å². The number of thioether (sulfide) groups is 1. The molecule has 108 valence electrons. The summed E-state index contributed by atoms with van der Waals surface area (Å²) < 4.78 is 9.34. The van der Waals surface area contributed by atoms with Gasteiger partial charge in [-0.3, -0.25) is 4.79 Å². The van der Waals surface area contributed by atoms with Gasteiger partial charge in [0.2, 0.25) is 0 Å². The summed E-state index contributed by atoms with van der Waals surface area (Å²) in [6.07, 6.45) is -0.646. The number of carboxylic acids is 1. The second-order valence-corrected chi connectivity index (χ2v) is 6.13. The second-order valence-electron chi connectivity index (χ2n) is 4.45. The van der Waals surface area contributed by atoms with E-state index >= 15 is 0 Å². The number of hydrogen-bond donors (Lipinski definition) is 3. The number of carboxylic acid groups (broad SMARTS) is 1. The summed E-state index contributed by atoms with van der Waals surface area (Å²) in [5.41, 5.74) is 5.57. The fraction of sp³-hybridized carbons (Fsp3) is 0.909. The molecule has 0 aliphatic carbocycles. The van der Waals surface area contributed by atoms with Gasteiger partial charge in [0.15, 0.2) is 0 Å². The molecular formula is C11H23NO5S. The van der Waals surface area contributed by atoms with Gasteiger partial charge in [0, 0.05) is 17.6 Å². The van der Waals surface area contributed by atoms with Gasteiger partial charge in [-0.05, 0) is 13.8 Å². The van der Waals surface area contributed by atoms with E-state index < -0.39 is 22.9 Å². The van der Waals surface area contributed by atoms with Crippen molar-refractivity contribution in [1.29, 1.82) is 0 Å². The number of aliphatic hydroxyl groups excluding tert-OH is 1. The molecule has 0 aliphatic heterocycles. The van der Waals surface area contributed by atoms with E-state index in [4.69, 9.17) is 20.3 Å². The molecule has 0 radical (unpaired) electrons. The summed E-state index contributed by atoms with van der Waals surface area (Å²) in [4.78, 5) is 10.8. The molecule has 0 aliphatic rings. The highest BCUT2D eigenvalue weighted by Gasteiger charge is 2.32. The summed E-state index contributed by atoms with van der Waals surface area (Å²) in [6.45, 7) is 4.60. The molecule has 0 fully saturated rings. The van der Waals surface area contributed by atoms with Crippen LogP contribution in [0.3, 0.4) is 0 Å². The maximum atomic E-state index is 10.8. The number of carbonyl (C=O) groups is 1. The predicted molar refractivity (Wildman–Crippen MR) is 70.9 cm³/mol. The van der Waals surface area contributed by atoms with Gasteiger partial charge in [-0.1, -0.05) is 0 Å². The van der Waals surface area contributed by atoms with E-state index in [1.165, 1.54) is 11.8 Å². The van der Waals surface area contributed by atoms with Gasteiger partial charge in [-0.25, -0.2) is 0 Å². The summed E-state index contributed by atoms with van der Waals surface area (Å²) in [7, 11) is 1.57. The van der Waals surface area contributed by atoms with Crippen LogP contribution in [-0.4, -0.2) is 65.8 Å². The first-order valence-corrected chi connectivity index (χ1v) is 6.67. The van der Waals surface area contributed by atoms with Gasteiger partial charge in [-0.15, -0.1) is 0 Å². The minimum Gasteiger partial charge on any atom is -0.480 e. The highest BCUT2D eigenvalue weighted by Crippen LogP contribution is 2.28. The van der Waals surface area contributed by atoms with Crippen molar-refractivity contribution in [2.24, 2.45) is 5.73 Å². The van der Waals surface area contributed by atoms with Crippen molar-refractivity contribution < 1.29 is 24.5 Å². The SMILES string of the molecule is COCCOCC(O)CSC(C)(C)[C@@H](N)C(=O)O. The summed E-state index contributed by atoms with van der Waals surface area (Å²) >= 11 is 1.32. The minimum atomic E-state index is -1.04. The number of methoxy groups -OCH3 is 1. The molecule has 7 heteroatoms. The summed E-state index contributed by atoms with van der Waals surface area (Å²) in [5.74, 6) is -0.667. The summed E-state index contributed by atoms with van der Waals surface area (Å²) in [5, 5.41) is 18.5. The highest BCUT2D eigenvalue weighted by molar-refractivity contribution is 8.00. The Balaban J connectivity index is 3.89. The maximum absolute atomic E-state index is 10.8. The first-order valence-electron chi connectivity index (χ1n) is 5.68. The van der Waals surface area contributed by atoms with Crippen LogP contribution in [0, 0.1) is 0 Å². The molecule has 18 heavy (non-hydrogen) atoms. The van der Waals surface area contributed by atoms with Crippen LogP contribution in [0.2, 0.25) is 0 Å². The first-order chi connectivity index (χ1) is 8.31. The fourth-order valence-corrected chi connectivity index (χ4v) is 2.11. The van der Waals surface area contributed by atoms with E-state index in [1.807, 2.05) is 0 Å². The van der Waals surface area contributed by atoms with Crippen molar-refractivity contribution in [2.45, 2.75) is 30.7 Å². The van der Waals surface area contributed by atoms with Crippen molar-refractivity contribution in [3.05, 3.63) is 0 Å². The van der Waals surface area contributed by atoms with E-state index in [1.54, 1.807) is 21.0 Å². The third-order valence-corrected chi connectivity index (χ3v) is 3.95. The molecule has 0 spiro atoms. The predicted octanol–water partition coefficient (Wildman–Crippen LogP) is -0.0660. The van der Waals surface area contributed by atoms with E-state index in [2.05, 4.69) is 0 Å². The highest BCUT2D eigenvalue weighted by atomic mass is 32.2. The number of ether oxygens (including phenoxy) is 2. The summed E-state index contributed by atoms with van der Waals surface area (Å²) in [6, 6.07) is -0.968. The smallest absolute Gasteiger partial charge is 0.321 e. The van der Waals surface area contributed by atoms with Crippen molar-refractivity contribution in [3.63, 3.8) is 0 Å². The average Bonchev–Trinajstić information content (AvgIpc) is 2.31. The van der Waals surface area contributed by atoms with E-state index in [0.717, 1.165) is 0 Å². The molecule has 0 aromatic heterocycles. The van der Waals surface area contributed by atoms with Crippen LogP contribution < -0.4 is 5.73 Å². The first kappa shape index (κ1) is 17.7. The van der Waals surface area contributed by atoms with E-state index in [-0.39, 0.29) is 6.61 Å². The van der Waals surface area contributed by atoms with Crippen LogP contribution >= 0.6 is 11.8 Å². The Kier molecular flexibility index (Phi) is 8.54. The number of aliphatic hydroxyl groups is 1. The molecule has 2 atom stereocenters. The topological polar surface area (TPSA) is 102 Å². The lowest BCUT2D eigenvalue weighted by molar-refractivity contribution is -0.139. The zero-order valence-corrected chi connectivity index (χ0v) is 11.9. The van der Waals surface area contributed by atoms with Crippen molar-refractivity contribution in [2.75, 3.05) is 32.7 Å². The van der Waals surface area contributed by atoms with Crippen molar-refractivity contribution >= 4 is 17.7 Å². The van der Waals surface area contributed by atoms with Crippen LogP contribution in [0.4, 0.5) is 0 Å². The molecule has 0 amide bonds. The Bertz CT molecular complexity index is 250. The minimum absolute atomic E-state index is 0.203. The molecule has 0 aromatic carbocycles. The lowest BCUT2D eigenvalue weighted by Gasteiger charge is -2.28. The van der Waals surface area contributed by atoms with Crippen LogP contribution in [0.25, 0.3) is 0 Å². The van der Waals surface area contributed by atoms with Gasteiger partial charge >= 0.3 is 5.97 Å². The van der Waals surface area contributed by atoms with Gasteiger partial charge < -0.3 is 25.4 Å². The Morgan fingerprint density at radius 3 is 2.56 bits per heavy atom. The fourth-order valence-electron chi connectivity index (χ4n) is 1.11. The van der Waals surface area contributed by atoms with Crippen LogP contribution in [0.5, 0.6) is 0 Å². The molecule has 4 N–H and O–H groups in total. The van der Waals surface area contributed by atoms with Crippen LogP contribution in [-0.2, 0) is 14.3 Å². The monoisotopic (exact) mass is 281 g/mol. The quantitative estimate of drug-likeness (QED) is 0.482. The van der Waals surface area contributed by atoms with Gasteiger partial charge in [0.05, 0.1) is 25.9 Å². The van der Waals surface area contributed by atoms with E-state index in [0.29, 0.717) is 19.0 Å². The molecule has 0 heterocycles. The van der Waals surface area contributed by atoms with Crippen LogP contribution in [0.1, 0.15) is 13.8 Å². The molecular weight excluding hydrogens is 258 g/mol. The number of rotatable bonds is 10. The Labute approximate surface area is 112 Å². The Hall–Kier alpha value is -0.340. The molecule has 0 aromatic rings. The number of aliphatic carboxylic acids is 1. The van der Waals surface area contributed by atoms with Gasteiger partial charge in [0.1, 0.15) is 6.04 Å². The normalized spacial score (nSPS) is 15.4. The van der Waals surface area contributed by atoms with E-state index in [9.17, 15) is 9.90 Å². The molecule has 0 saturated carbocycles. The third-order valence-electron chi connectivity index (χ3n) is 2.40. The molecule has 0 saturated heterocycles. The zero-order chi connectivity index (χ0) is 14.2. The van der Waals surface area contributed by atoms with Gasteiger partial charge in [0.25, 0.3) is 0 Å². The van der Waals surface area contributed by atoms with Crippen LogP contribution in [0.15, 0.2) is 0 Å². The molecule has 6 nitrogen and oxygen atoms in total. The Morgan fingerprint density at radius 2 is 2.06 bits per heavy atom. The molecule has 0 rings (SSSR count). The third kappa shape index (κ3) is 7.17. The van der Waals surface area contributed by atoms with Crippen molar-refractivity contribution in [3.8, 4) is 0 Å². The standard InChI is InChI=1S/C11H23NO5S/c1-11(2,9(12)10(14)15)18-7-8(13)6-17-5-4-16-3/h8-9,13H,4-7,12H2,1-3H3,(H,14,15)/t8?,9-/m0/s1. The Morgan fingerprint density at radius 1 is 1.44 bits per heavy atom. The number of hydrogen-bond acceptors (Lipinski definition) is 6. The second kappa shape index (κ2) is 8.71. The lowest BCUT2D eigenvalue weighted by Crippen LogP contribution is -2.47. The molecule has 1 unspecified atom stereocenters. The maximum Gasteiger partial charge on any atom is 0.321 e. The average molecular weight is 281 g/mol.